The lowest BCUT2D eigenvalue weighted by molar-refractivity contribution is -0.114. The third-order valence-electron chi connectivity index (χ3n) is 4.64. The number of amides is 2. The quantitative estimate of drug-likeness (QED) is 0.667. The molecule has 2 aromatic rings. The van der Waals surface area contributed by atoms with Crippen LogP contribution in [0.3, 0.4) is 0 Å². The Hall–Kier alpha value is -2.93. The van der Waals surface area contributed by atoms with Crippen LogP contribution < -0.4 is 19.7 Å². The maximum Gasteiger partial charge on any atom is 0.264 e. The van der Waals surface area contributed by atoms with E-state index in [4.69, 9.17) is 9.47 Å². The second-order valence-electron chi connectivity index (χ2n) is 6.76. The summed E-state index contributed by atoms with van der Waals surface area (Å²) in [4.78, 5) is 28.3. The molecule has 0 fully saturated rings. The number of benzene rings is 2. The molecule has 0 radical (unpaired) electrons. The predicted molar refractivity (Wildman–Crippen MR) is 120 cm³/mol. The van der Waals surface area contributed by atoms with E-state index < -0.39 is 0 Å². The second kappa shape index (κ2) is 9.71. The van der Waals surface area contributed by atoms with E-state index in [1.807, 2.05) is 44.2 Å². The molecule has 0 saturated carbocycles. The van der Waals surface area contributed by atoms with Crippen molar-refractivity contribution in [3.8, 4) is 11.5 Å². The Labute approximate surface area is 181 Å². The fraction of sp³-hybridized carbons (Fsp3) is 0.304. The van der Waals surface area contributed by atoms with Crippen LogP contribution in [-0.4, -0.2) is 39.1 Å². The van der Waals surface area contributed by atoms with Crippen LogP contribution in [0.2, 0.25) is 0 Å². The molecule has 2 aromatic carbocycles. The number of thioether (sulfide) groups is 1. The highest BCUT2D eigenvalue weighted by Gasteiger charge is 2.27. The Bertz CT molecular complexity index is 987. The van der Waals surface area contributed by atoms with Crippen LogP contribution in [0.5, 0.6) is 11.5 Å². The van der Waals surface area contributed by atoms with Gasteiger partial charge in [0.25, 0.3) is 11.8 Å². The zero-order chi connectivity index (χ0) is 21.7. The van der Waals surface area contributed by atoms with Crippen molar-refractivity contribution >= 4 is 35.3 Å². The van der Waals surface area contributed by atoms with Gasteiger partial charge in [0.15, 0.2) is 11.5 Å². The topological polar surface area (TPSA) is 67.9 Å². The molecule has 1 heterocycles. The van der Waals surface area contributed by atoms with Gasteiger partial charge in [-0.1, -0.05) is 24.8 Å². The van der Waals surface area contributed by atoms with E-state index in [0.717, 1.165) is 22.6 Å². The van der Waals surface area contributed by atoms with Gasteiger partial charge in [-0.25, -0.2) is 0 Å². The highest BCUT2D eigenvalue weighted by Crippen LogP contribution is 2.42. The molecule has 0 bridgehead atoms. The number of nitrogens with zero attached hydrogens (tertiary/aromatic N) is 1. The number of rotatable bonds is 7. The number of likely N-dealkylation sites (N-methyl/N-ethyl adjacent to an activating group) is 1. The Morgan fingerprint density at radius 3 is 2.67 bits per heavy atom. The summed E-state index contributed by atoms with van der Waals surface area (Å²) in [7, 11) is 3.31. The van der Waals surface area contributed by atoms with E-state index in [-0.39, 0.29) is 11.8 Å². The average Bonchev–Trinajstić information content (AvgIpc) is 2.76. The highest BCUT2D eigenvalue weighted by atomic mass is 32.2. The van der Waals surface area contributed by atoms with Crippen LogP contribution >= 0.6 is 11.8 Å². The summed E-state index contributed by atoms with van der Waals surface area (Å²) in [6, 6.07) is 11.0. The standard InChI is InChI=1S/C23H26N2O4S/c1-5-11-24-22(26)16-8-10-20-17(14-16)25(3)23(27)21(30-20)13-15-7-9-18(29-6-2)19(12-15)28-4/h7-10,12-14H,5-6,11H2,1-4H3,(H,24,26). The Morgan fingerprint density at radius 2 is 1.97 bits per heavy atom. The average molecular weight is 427 g/mol. The van der Waals surface area contributed by atoms with Crippen molar-refractivity contribution in [3.63, 3.8) is 0 Å². The number of carbonyl (C=O) groups is 2. The number of nitrogens with one attached hydrogen (secondary N) is 1. The van der Waals surface area contributed by atoms with E-state index in [1.165, 1.54) is 11.8 Å². The molecule has 0 aromatic heterocycles. The molecule has 0 aliphatic carbocycles. The van der Waals surface area contributed by atoms with Gasteiger partial charge in [-0.2, -0.15) is 0 Å². The summed E-state index contributed by atoms with van der Waals surface area (Å²) in [6.07, 6.45) is 2.71. The third-order valence-corrected chi connectivity index (χ3v) is 5.72. The number of methoxy groups -OCH3 is 1. The van der Waals surface area contributed by atoms with E-state index in [0.29, 0.717) is 35.1 Å². The number of anilines is 1. The molecular formula is C23H26N2O4S. The van der Waals surface area contributed by atoms with E-state index >= 15 is 0 Å². The van der Waals surface area contributed by atoms with Crippen LogP contribution in [0, 0.1) is 0 Å². The molecule has 0 spiro atoms. The molecule has 30 heavy (non-hydrogen) atoms. The van der Waals surface area contributed by atoms with Gasteiger partial charge in [0.2, 0.25) is 0 Å². The number of hydrogen-bond donors (Lipinski definition) is 1. The molecule has 2 amide bonds. The molecule has 0 unspecified atom stereocenters. The molecule has 1 aliphatic heterocycles. The molecule has 0 saturated heterocycles. The minimum Gasteiger partial charge on any atom is -0.493 e. The smallest absolute Gasteiger partial charge is 0.264 e. The van der Waals surface area contributed by atoms with Gasteiger partial charge < -0.3 is 19.7 Å². The first-order valence-electron chi connectivity index (χ1n) is 9.89. The predicted octanol–water partition coefficient (Wildman–Crippen LogP) is 4.34. The zero-order valence-corrected chi connectivity index (χ0v) is 18.5. The molecule has 1 aliphatic rings. The van der Waals surface area contributed by atoms with E-state index in [2.05, 4.69) is 5.32 Å². The Morgan fingerprint density at radius 1 is 1.17 bits per heavy atom. The number of hydrogen-bond acceptors (Lipinski definition) is 5. The second-order valence-corrected chi connectivity index (χ2v) is 7.84. The van der Waals surface area contributed by atoms with Crippen molar-refractivity contribution in [1.29, 1.82) is 0 Å². The lowest BCUT2D eigenvalue weighted by Gasteiger charge is -2.27. The van der Waals surface area contributed by atoms with Gasteiger partial charge in [0.05, 0.1) is 24.3 Å². The Balaban J connectivity index is 1.89. The first-order chi connectivity index (χ1) is 14.5. The highest BCUT2D eigenvalue weighted by molar-refractivity contribution is 8.04. The van der Waals surface area contributed by atoms with Gasteiger partial charge in [-0.15, -0.1) is 0 Å². The summed E-state index contributed by atoms with van der Waals surface area (Å²) < 4.78 is 11.0. The maximum absolute atomic E-state index is 12.9. The largest absolute Gasteiger partial charge is 0.493 e. The summed E-state index contributed by atoms with van der Waals surface area (Å²) >= 11 is 1.40. The van der Waals surface area contributed by atoms with Crippen molar-refractivity contribution in [3.05, 3.63) is 52.4 Å². The van der Waals surface area contributed by atoms with Crippen molar-refractivity contribution in [1.82, 2.24) is 5.32 Å². The number of fused-ring (bicyclic) bond motifs is 1. The van der Waals surface area contributed by atoms with Crippen molar-refractivity contribution < 1.29 is 19.1 Å². The molecule has 3 rings (SSSR count). The van der Waals surface area contributed by atoms with Crippen molar-refractivity contribution in [2.75, 3.05) is 32.2 Å². The normalized spacial score (nSPS) is 14.5. The summed E-state index contributed by atoms with van der Waals surface area (Å²) in [5, 5.41) is 2.86. The SMILES string of the molecule is CCCNC(=O)c1ccc2c(c1)N(C)C(=O)C(=Cc1ccc(OCC)c(OC)c1)S2. The lowest BCUT2D eigenvalue weighted by atomic mass is 10.1. The van der Waals surface area contributed by atoms with Gasteiger partial charge in [-0.05, 0) is 55.3 Å². The molecule has 6 nitrogen and oxygen atoms in total. The summed E-state index contributed by atoms with van der Waals surface area (Å²) in [5.74, 6) is 1.04. The minimum atomic E-state index is -0.131. The third kappa shape index (κ3) is 4.62. The maximum atomic E-state index is 12.9. The van der Waals surface area contributed by atoms with Gasteiger partial charge in [-0.3, -0.25) is 9.59 Å². The molecule has 158 valence electrons. The molecular weight excluding hydrogens is 400 g/mol. The minimum absolute atomic E-state index is 0.119. The van der Waals surface area contributed by atoms with Crippen LogP contribution in [0.1, 0.15) is 36.2 Å². The van der Waals surface area contributed by atoms with Crippen LogP contribution in [0.25, 0.3) is 6.08 Å². The van der Waals surface area contributed by atoms with E-state index in [1.54, 1.807) is 31.2 Å². The number of ether oxygens (including phenoxy) is 2. The monoisotopic (exact) mass is 426 g/mol. The lowest BCUT2D eigenvalue weighted by Crippen LogP contribution is -2.31. The first kappa shape index (κ1) is 21.8. The van der Waals surface area contributed by atoms with Crippen LogP contribution in [0.4, 0.5) is 5.69 Å². The Kier molecular flexibility index (Phi) is 7.05. The van der Waals surface area contributed by atoms with Gasteiger partial charge >= 0.3 is 0 Å². The fourth-order valence-electron chi connectivity index (χ4n) is 3.08. The van der Waals surface area contributed by atoms with Gasteiger partial charge in [0, 0.05) is 24.1 Å². The zero-order valence-electron chi connectivity index (χ0n) is 17.7. The summed E-state index contributed by atoms with van der Waals surface area (Å²) in [5.41, 5.74) is 2.13. The molecule has 7 heteroatoms. The van der Waals surface area contributed by atoms with Crippen LogP contribution in [0.15, 0.2) is 46.2 Å². The number of carbonyl (C=O) groups excluding carboxylic acids is 2. The fourth-order valence-corrected chi connectivity index (χ4v) is 4.17. The van der Waals surface area contributed by atoms with Crippen LogP contribution in [-0.2, 0) is 4.79 Å². The summed E-state index contributed by atoms with van der Waals surface area (Å²) in [6.45, 7) is 5.09. The molecule has 0 atom stereocenters. The first-order valence-corrected chi connectivity index (χ1v) is 10.7. The van der Waals surface area contributed by atoms with Crippen molar-refractivity contribution in [2.45, 2.75) is 25.2 Å². The van der Waals surface area contributed by atoms with Crippen molar-refractivity contribution in [2.24, 2.45) is 0 Å². The van der Waals surface area contributed by atoms with Gasteiger partial charge in [0.1, 0.15) is 0 Å². The van der Waals surface area contributed by atoms with E-state index in [9.17, 15) is 9.59 Å². The molecule has 1 N–H and O–H groups in total.